The molecule has 0 aliphatic carbocycles. The molecule has 4 heteroatoms. The second kappa shape index (κ2) is 4.99. The van der Waals surface area contributed by atoms with Gasteiger partial charge in [0.15, 0.2) is 0 Å². The predicted molar refractivity (Wildman–Crippen MR) is 62.7 cm³/mol. The van der Waals surface area contributed by atoms with E-state index in [1.807, 2.05) is 18.2 Å². The molecule has 90 valence electrons. The molecule has 4 nitrogen and oxygen atoms in total. The summed E-state index contributed by atoms with van der Waals surface area (Å²) >= 11 is 0. The molecule has 0 radical (unpaired) electrons. The highest BCUT2D eigenvalue weighted by molar-refractivity contribution is 5.98. The van der Waals surface area contributed by atoms with Crippen LogP contribution in [0.2, 0.25) is 0 Å². The van der Waals surface area contributed by atoms with Gasteiger partial charge in [-0.1, -0.05) is 18.2 Å². The summed E-state index contributed by atoms with van der Waals surface area (Å²) < 4.78 is 4.93. The fraction of sp³-hybridized carbons (Fsp3) is 0.385. The molecular formula is C13H15NO3. The van der Waals surface area contributed by atoms with E-state index in [4.69, 9.17) is 4.74 Å². The Kier molecular flexibility index (Phi) is 3.42. The largest absolute Gasteiger partial charge is 0.464 e. The topological polar surface area (TPSA) is 55.4 Å². The van der Waals surface area contributed by atoms with Crippen LogP contribution in [0.1, 0.15) is 29.3 Å². The summed E-state index contributed by atoms with van der Waals surface area (Å²) in [7, 11) is 0. The number of esters is 1. The second-order valence-electron chi connectivity index (χ2n) is 3.97. The summed E-state index contributed by atoms with van der Waals surface area (Å²) in [6.07, 6.45) is 1.29. The van der Waals surface area contributed by atoms with Gasteiger partial charge in [0.25, 0.3) is 5.91 Å². The first-order valence-corrected chi connectivity index (χ1v) is 5.77. The van der Waals surface area contributed by atoms with E-state index >= 15 is 0 Å². The molecule has 0 fully saturated rings. The Bertz CT molecular complexity index is 442. The van der Waals surface area contributed by atoms with Crippen LogP contribution in [0.5, 0.6) is 0 Å². The van der Waals surface area contributed by atoms with Crippen LogP contribution in [-0.2, 0) is 16.0 Å². The van der Waals surface area contributed by atoms with Crippen LogP contribution in [0, 0.1) is 0 Å². The van der Waals surface area contributed by atoms with Crippen molar-refractivity contribution in [2.75, 3.05) is 6.61 Å². The van der Waals surface area contributed by atoms with Crippen molar-refractivity contribution in [1.29, 1.82) is 0 Å². The van der Waals surface area contributed by atoms with Crippen LogP contribution in [0.4, 0.5) is 0 Å². The minimum absolute atomic E-state index is 0.198. The minimum atomic E-state index is -0.533. The number of amides is 1. The lowest BCUT2D eigenvalue weighted by atomic mass is 10.0. The van der Waals surface area contributed by atoms with Crippen LogP contribution in [0.25, 0.3) is 0 Å². The lowest BCUT2D eigenvalue weighted by Crippen LogP contribution is -2.40. The van der Waals surface area contributed by atoms with E-state index in [1.54, 1.807) is 13.0 Å². The van der Waals surface area contributed by atoms with Gasteiger partial charge in [0, 0.05) is 5.56 Å². The van der Waals surface area contributed by atoms with E-state index < -0.39 is 6.04 Å². The summed E-state index contributed by atoms with van der Waals surface area (Å²) in [5.41, 5.74) is 1.64. The maximum Gasteiger partial charge on any atom is 0.328 e. The number of carbonyl (C=O) groups excluding carboxylic acids is 2. The van der Waals surface area contributed by atoms with Gasteiger partial charge in [-0.2, -0.15) is 0 Å². The Morgan fingerprint density at radius 3 is 3.00 bits per heavy atom. The van der Waals surface area contributed by atoms with Crippen LogP contribution in [0.3, 0.4) is 0 Å². The molecule has 1 atom stereocenters. The number of carbonyl (C=O) groups is 2. The van der Waals surface area contributed by atoms with Crippen LogP contribution >= 0.6 is 0 Å². The van der Waals surface area contributed by atoms with E-state index in [0.717, 1.165) is 5.56 Å². The summed E-state index contributed by atoms with van der Waals surface area (Å²) in [5.74, 6) is -0.551. The smallest absolute Gasteiger partial charge is 0.328 e. The molecule has 1 N–H and O–H groups in total. The minimum Gasteiger partial charge on any atom is -0.464 e. The number of rotatable bonds is 2. The lowest BCUT2D eigenvalue weighted by Gasteiger charge is -2.13. The van der Waals surface area contributed by atoms with Crippen molar-refractivity contribution in [3.8, 4) is 0 Å². The third kappa shape index (κ3) is 2.46. The molecule has 2 rings (SSSR count). The molecule has 17 heavy (non-hydrogen) atoms. The van der Waals surface area contributed by atoms with Crippen LogP contribution in [0.15, 0.2) is 24.3 Å². The van der Waals surface area contributed by atoms with Crippen molar-refractivity contribution in [2.24, 2.45) is 0 Å². The van der Waals surface area contributed by atoms with E-state index in [9.17, 15) is 9.59 Å². The molecule has 0 bridgehead atoms. The van der Waals surface area contributed by atoms with Gasteiger partial charge in [0.05, 0.1) is 6.61 Å². The second-order valence-corrected chi connectivity index (χ2v) is 3.97. The van der Waals surface area contributed by atoms with E-state index in [0.29, 0.717) is 25.0 Å². The van der Waals surface area contributed by atoms with Gasteiger partial charge < -0.3 is 10.1 Å². The third-order valence-electron chi connectivity index (χ3n) is 2.84. The maximum atomic E-state index is 11.9. The molecule has 1 aliphatic rings. The van der Waals surface area contributed by atoms with Gasteiger partial charge in [-0.25, -0.2) is 4.79 Å². The van der Waals surface area contributed by atoms with Gasteiger partial charge in [0.1, 0.15) is 6.04 Å². The number of fused-ring (bicyclic) bond motifs is 1. The molecule has 1 aliphatic heterocycles. The van der Waals surface area contributed by atoms with E-state index in [-0.39, 0.29) is 11.9 Å². The fourth-order valence-corrected chi connectivity index (χ4v) is 1.99. The average molecular weight is 233 g/mol. The van der Waals surface area contributed by atoms with Gasteiger partial charge >= 0.3 is 5.97 Å². The van der Waals surface area contributed by atoms with E-state index in [1.165, 1.54) is 0 Å². The van der Waals surface area contributed by atoms with E-state index in [2.05, 4.69) is 5.32 Å². The first kappa shape index (κ1) is 11.6. The SMILES string of the molecule is CCOC(=O)C1CCc2ccccc2C(=O)N1. The summed E-state index contributed by atoms with van der Waals surface area (Å²) in [6, 6.07) is 6.88. The van der Waals surface area contributed by atoms with Crippen LogP contribution in [-0.4, -0.2) is 24.5 Å². The number of nitrogens with one attached hydrogen (secondary N) is 1. The highest BCUT2D eigenvalue weighted by atomic mass is 16.5. The molecule has 1 aromatic carbocycles. The first-order chi connectivity index (χ1) is 8.22. The zero-order valence-corrected chi connectivity index (χ0v) is 9.73. The number of hydrogen-bond donors (Lipinski definition) is 1. The van der Waals surface area contributed by atoms with Gasteiger partial charge in [0.2, 0.25) is 0 Å². The molecule has 1 aromatic rings. The quantitative estimate of drug-likeness (QED) is 0.783. The molecule has 0 aromatic heterocycles. The third-order valence-corrected chi connectivity index (χ3v) is 2.84. The standard InChI is InChI=1S/C13H15NO3/c1-2-17-13(16)11-8-7-9-5-3-4-6-10(9)12(15)14-11/h3-6,11H,2,7-8H2,1H3,(H,14,15). The Labute approximate surface area is 100.0 Å². The van der Waals surface area contributed by atoms with Crippen molar-refractivity contribution < 1.29 is 14.3 Å². The number of benzene rings is 1. The molecule has 0 spiro atoms. The monoisotopic (exact) mass is 233 g/mol. The average Bonchev–Trinajstić information content (AvgIpc) is 2.50. The highest BCUT2D eigenvalue weighted by Gasteiger charge is 2.26. The normalized spacial score (nSPS) is 18.9. The number of ether oxygens (including phenoxy) is 1. The Balaban J connectivity index is 2.18. The zero-order chi connectivity index (χ0) is 12.3. The summed E-state index contributed by atoms with van der Waals surface area (Å²) in [4.78, 5) is 23.5. The number of aryl methyl sites for hydroxylation is 1. The Morgan fingerprint density at radius 2 is 2.24 bits per heavy atom. The van der Waals surface area contributed by atoms with Crippen molar-refractivity contribution in [1.82, 2.24) is 5.32 Å². The van der Waals surface area contributed by atoms with Crippen molar-refractivity contribution in [3.05, 3.63) is 35.4 Å². The summed E-state index contributed by atoms with van der Waals surface area (Å²) in [5, 5.41) is 2.71. The molecule has 1 heterocycles. The van der Waals surface area contributed by atoms with Gasteiger partial charge in [-0.15, -0.1) is 0 Å². The Morgan fingerprint density at radius 1 is 1.47 bits per heavy atom. The zero-order valence-electron chi connectivity index (χ0n) is 9.73. The number of hydrogen-bond acceptors (Lipinski definition) is 3. The van der Waals surface area contributed by atoms with Crippen LogP contribution < -0.4 is 5.32 Å². The lowest BCUT2D eigenvalue weighted by molar-refractivity contribution is -0.145. The maximum absolute atomic E-state index is 11.9. The molecule has 1 amide bonds. The van der Waals surface area contributed by atoms with Gasteiger partial charge in [-0.05, 0) is 31.4 Å². The summed E-state index contributed by atoms with van der Waals surface area (Å²) in [6.45, 7) is 2.09. The van der Waals surface area contributed by atoms with Crippen molar-refractivity contribution >= 4 is 11.9 Å². The first-order valence-electron chi connectivity index (χ1n) is 5.77. The fourth-order valence-electron chi connectivity index (χ4n) is 1.99. The highest BCUT2D eigenvalue weighted by Crippen LogP contribution is 2.16. The molecular weight excluding hydrogens is 218 g/mol. The van der Waals surface area contributed by atoms with Crippen molar-refractivity contribution in [2.45, 2.75) is 25.8 Å². The van der Waals surface area contributed by atoms with Gasteiger partial charge in [-0.3, -0.25) is 4.79 Å². The molecule has 0 saturated heterocycles. The molecule has 1 unspecified atom stereocenters. The van der Waals surface area contributed by atoms with Crippen molar-refractivity contribution in [3.63, 3.8) is 0 Å². The molecule has 0 saturated carbocycles. The predicted octanol–water partition coefficient (Wildman–Crippen LogP) is 1.29. The Hall–Kier alpha value is -1.84.